The summed E-state index contributed by atoms with van der Waals surface area (Å²) >= 11 is 6.41. The molecule has 132 valence electrons. The van der Waals surface area contributed by atoms with Gasteiger partial charge in [-0.05, 0) is 44.0 Å². The molecule has 10 heteroatoms. The number of hydrogen-bond acceptors (Lipinski definition) is 6. The van der Waals surface area contributed by atoms with E-state index in [2.05, 4.69) is 41.8 Å². The number of nitrogens with two attached hydrogens (primary N) is 2. The standard InChI is InChI=1S/2C7H7BrN2O.2ClH/c2*8-6-1-5(3-10-4-6)7(11)2-9;;/h2*1,3-4H,2,9H2;2*1H. The average molecular weight is 503 g/mol. The van der Waals surface area contributed by atoms with Gasteiger partial charge in [0.05, 0.1) is 13.1 Å². The van der Waals surface area contributed by atoms with Crippen LogP contribution in [0.1, 0.15) is 20.7 Å². The van der Waals surface area contributed by atoms with E-state index in [1.54, 1.807) is 24.5 Å². The molecule has 0 aliphatic rings. The molecule has 0 bridgehead atoms. The Kier molecular flexibility index (Phi) is 14.1. The van der Waals surface area contributed by atoms with Crippen LogP contribution < -0.4 is 11.5 Å². The van der Waals surface area contributed by atoms with Gasteiger partial charge in [-0.25, -0.2) is 0 Å². The van der Waals surface area contributed by atoms with Gasteiger partial charge in [-0.1, -0.05) is 0 Å². The summed E-state index contributed by atoms with van der Waals surface area (Å²) in [5, 5.41) is 0. The van der Waals surface area contributed by atoms with Crippen molar-refractivity contribution in [3.8, 4) is 0 Å². The summed E-state index contributed by atoms with van der Waals surface area (Å²) in [4.78, 5) is 29.6. The molecule has 0 aromatic carbocycles. The zero-order chi connectivity index (χ0) is 16.5. The van der Waals surface area contributed by atoms with Crippen molar-refractivity contribution in [3.63, 3.8) is 0 Å². The Labute approximate surface area is 168 Å². The zero-order valence-corrected chi connectivity index (χ0v) is 17.1. The van der Waals surface area contributed by atoms with Gasteiger partial charge < -0.3 is 11.5 Å². The number of hydrogen-bond donors (Lipinski definition) is 2. The number of aromatic nitrogens is 2. The smallest absolute Gasteiger partial charge is 0.177 e. The number of nitrogens with zero attached hydrogens (tertiary/aromatic N) is 2. The van der Waals surface area contributed by atoms with Gasteiger partial charge in [0, 0.05) is 44.9 Å². The van der Waals surface area contributed by atoms with Crippen molar-refractivity contribution < 1.29 is 9.59 Å². The van der Waals surface area contributed by atoms with E-state index >= 15 is 0 Å². The highest BCUT2D eigenvalue weighted by molar-refractivity contribution is 9.10. The summed E-state index contributed by atoms with van der Waals surface area (Å²) < 4.78 is 1.58. The van der Waals surface area contributed by atoms with Crippen LogP contribution in [0.4, 0.5) is 0 Å². The highest BCUT2D eigenvalue weighted by Crippen LogP contribution is 2.10. The van der Waals surface area contributed by atoms with Gasteiger partial charge in [0.15, 0.2) is 11.6 Å². The maximum Gasteiger partial charge on any atom is 0.177 e. The second kappa shape index (κ2) is 13.4. The SMILES string of the molecule is Cl.Cl.NCC(=O)c1cncc(Br)c1.NCC(=O)c1cncc(Br)c1. The monoisotopic (exact) mass is 500 g/mol. The molecule has 2 heterocycles. The first kappa shape index (κ1) is 25.3. The molecular weight excluding hydrogens is 487 g/mol. The minimum absolute atomic E-state index is 0. The van der Waals surface area contributed by atoms with Crippen molar-refractivity contribution in [1.82, 2.24) is 9.97 Å². The van der Waals surface area contributed by atoms with Gasteiger partial charge in [0.1, 0.15) is 0 Å². The minimum atomic E-state index is -0.0983. The van der Waals surface area contributed by atoms with E-state index < -0.39 is 0 Å². The lowest BCUT2D eigenvalue weighted by atomic mass is 10.2. The lowest BCUT2D eigenvalue weighted by Gasteiger charge is -1.95. The average Bonchev–Trinajstić information content (AvgIpc) is 2.54. The first-order chi connectivity index (χ1) is 10.5. The van der Waals surface area contributed by atoms with E-state index in [1.165, 1.54) is 12.4 Å². The Hall–Kier alpha value is -0.900. The third kappa shape index (κ3) is 8.81. The number of halogens is 4. The molecule has 0 saturated carbocycles. The molecule has 4 N–H and O–H groups in total. The molecule has 0 amide bonds. The molecule has 2 aromatic rings. The van der Waals surface area contributed by atoms with Crippen LogP contribution in [-0.4, -0.2) is 34.6 Å². The Morgan fingerprint density at radius 1 is 0.792 bits per heavy atom. The lowest BCUT2D eigenvalue weighted by Crippen LogP contribution is -2.13. The van der Waals surface area contributed by atoms with Crippen LogP contribution in [0.2, 0.25) is 0 Å². The molecule has 6 nitrogen and oxygen atoms in total. The second-order valence-corrected chi connectivity index (χ2v) is 5.87. The van der Waals surface area contributed by atoms with Crippen LogP contribution in [-0.2, 0) is 0 Å². The number of ketones is 2. The van der Waals surface area contributed by atoms with Crippen molar-refractivity contribution in [1.29, 1.82) is 0 Å². The quantitative estimate of drug-likeness (QED) is 0.622. The van der Waals surface area contributed by atoms with E-state index in [0.717, 1.165) is 8.95 Å². The normalized spacial score (nSPS) is 8.83. The highest BCUT2D eigenvalue weighted by Gasteiger charge is 2.03. The fraction of sp³-hybridized carbons (Fsp3) is 0.143. The number of Topliss-reactive ketones (excluding diaryl/α,β-unsaturated/α-hetero) is 2. The summed E-state index contributed by atoms with van der Waals surface area (Å²) in [7, 11) is 0. The van der Waals surface area contributed by atoms with E-state index in [9.17, 15) is 9.59 Å². The third-order valence-corrected chi connectivity index (χ3v) is 3.29. The number of pyridine rings is 2. The highest BCUT2D eigenvalue weighted by atomic mass is 79.9. The van der Waals surface area contributed by atoms with E-state index in [0.29, 0.717) is 11.1 Å². The molecule has 0 aliphatic carbocycles. The predicted molar refractivity (Wildman–Crippen MR) is 105 cm³/mol. The van der Waals surface area contributed by atoms with Gasteiger partial charge in [0.2, 0.25) is 0 Å². The van der Waals surface area contributed by atoms with Crippen molar-refractivity contribution in [2.75, 3.05) is 13.1 Å². The number of carbonyl (C=O) groups excluding carboxylic acids is 2. The van der Waals surface area contributed by atoms with E-state index in [1.807, 2.05) is 0 Å². The van der Waals surface area contributed by atoms with Crippen molar-refractivity contribution in [3.05, 3.63) is 57.0 Å². The van der Waals surface area contributed by atoms with Crippen LogP contribution >= 0.6 is 56.7 Å². The summed E-state index contributed by atoms with van der Waals surface area (Å²) in [6, 6.07) is 3.39. The second-order valence-electron chi connectivity index (χ2n) is 4.04. The third-order valence-electron chi connectivity index (χ3n) is 2.42. The van der Waals surface area contributed by atoms with Crippen LogP contribution in [0, 0.1) is 0 Å². The summed E-state index contributed by atoms with van der Waals surface area (Å²) in [6.07, 6.45) is 6.24. The molecule has 0 aliphatic heterocycles. The van der Waals surface area contributed by atoms with Crippen molar-refractivity contribution in [2.45, 2.75) is 0 Å². The van der Waals surface area contributed by atoms with Crippen LogP contribution in [0.25, 0.3) is 0 Å². The molecule has 24 heavy (non-hydrogen) atoms. The van der Waals surface area contributed by atoms with Gasteiger partial charge in [-0.15, -0.1) is 24.8 Å². The summed E-state index contributed by atoms with van der Waals surface area (Å²) in [5.41, 5.74) is 11.4. The summed E-state index contributed by atoms with van der Waals surface area (Å²) in [6.45, 7) is 0.0519. The fourth-order valence-electron chi connectivity index (χ4n) is 1.36. The summed E-state index contributed by atoms with van der Waals surface area (Å²) in [5.74, 6) is -0.197. The molecule has 0 atom stereocenters. The molecule has 0 spiro atoms. The Morgan fingerprint density at radius 3 is 1.38 bits per heavy atom. The molecule has 0 saturated heterocycles. The molecule has 2 aromatic heterocycles. The van der Waals surface area contributed by atoms with Gasteiger partial charge >= 0.3 is 0 Å². The number of carbonyl (C=O) groups is 2. The van der Waals surface area contributed by atoms with Gasteiger partial charge in [-0.2, -0.15) is 0 Å². The minimum Gasteiger partial charge on any atom is -0.324 e. The van der Waals surface area contributed by atoms with E-state index in [-0.39, 0.29) is 49.5 Å². The Balaban J connectivity index is 0. The molecule has 2 rings (SSSR count). The Bertz CT molecular complexity index is 617. The molecule has 0 unspecified atom stereocenters. The predicted octanol–water partition coefficient (Wildman–Crippen LogP) is 2.81. The van der Waals surface area contributed by atoms with Gasteiger partial charge in [0.25, 0.3) is 0 Å². The molecular formula is C14H16Br2Cl2N4O2. The largest absolute Gasteiger partial charge is 0.324 e. The maximum atomic E-state index is 11.0. The van der Waals surface area contributed by atoms with Crippen molar-refractivity contribution in [2.24, 2.45) is 11.5 Å². The molecule has 0 fully saturated rings. The van der Waals surface area contributed by atoms with Gasteiger partial charge in [-0.3, -0.25) is 19.6 Å². The fourth-order valence-corrected chi connectivity index (χ4v) is 2.09. The number of rotatable bonds is 4. The van der Waals surface area contributed by atoms with Crippen LogP contribution in [0.15, 0.2) is 45.9 Å². The lowest BCUT2D eigenvalue weighted by molar-refractivity contribution is 0.0993. The van der Waals surface area contributed by atoms with E-state index in [4.69, 9.17) is 11.5 Å². The van der Waals surface area contributed by atoms with Crippen molar-refractivity contribution >= 4 is 68.2 Å². The topological polar surface area (TPSA) is 112 Å². The first-order valence-electron chi connectivity index (χ1n) is 6.15. The van der Waals surface area contributed by atoms with Crippen LogP contribution in [0.5, 0.6) is 0 Å². The maximum absolute atomic E-state index is 11.0. The Morgan fingerprint density at radius 2 is 1.12 bits per heavy atom. The van der Waals surface area contributed by atoms with Crippen LogP contribution in [0.3, 0.4) is 0 Å². The zero-order valence-electron chi connectivity index (χ0n) is 12.3. The first-order valence-corrected chi connectivity index (χ1v) is 7.74. The molecule has 0 radical (unpaired) electrons.